The molecule has 0 spiro atoms. The summed E-state index contributed by atoms with van der Waals surface area (Å²) in [6, 6.07) is 0. The highest BCUT2D eigenvalue weighted by atomic mass is 16.1. The molecule has 0 rings (SSSR count). The summed E-state index contributed by atoms with van der Waals surface area (Å²) < 4.78 is 0. The summed E-state index contributed by atoms with van der Waals surface area (Å²) in [6.45, 7) is 7.79. The minimum absolute atomic E-state index is 0.0883. The van der Waals surface area contributed by atoms with Crippen molar-refractivity contribution in [2.75, 3.05) is 0 Å². The summed E-state index contributed by atoms with van der Waals surface area (Å²) >= 11 is 0. The number of nitrogens with zero attached hydrogens (tertiary/aromatic N) is 1. The Bertz CT molecular complexity index is 322. The molecule has 0 fully saturated rings. The number of allylic oxidation sites excluding steroid dienone is 5. The molecule has 0 bridgehead atoms. The van der Waals surface area contributed by atoms with Crippen molar-refractivity contribution < 1.29 is 4.79 Å². The number of hydrogen-bond acceptors (Lipinski definition) is 2. The van der Waals surface area contributed by atoms with Crippen LogP contribution in [-0.4, -0.2) is 11.5 Å². The van der Waals surface area contributed by atoms with E-state index in [0.717, 1.165) is 12.1 Å². The second-order valence-corrected chi connectivity index (χ2v) is 3.68. The normalized spacial score (nSPS) is 15.4. The number of hydrogen-bond donors (Lipinski definition) is 0. The highest BCUT2D eigenvalue weighted by Gasteiger charge is 2.05. The van der Waals surface area contributed by atoms with E-state index in [0.29, 0.717) is 0 Å². The minimum Gasteiger partial charge on any atom is -0.294 e. The monoisotopic (exact) mass is 219 g/mol. The number of ketones is 1. The third-order valence-corrected chi connectivity index (χ3v) is 2.26. The quantitative estimate of drug-likeness (QED) is 0.380. The van der Waals surface area contributed by atoms with E-state index in [-0.39, 0.29) is 11.7 Å². The molecule has 0 aliphatic heterocycles. The first-order chi connectivity index (χ1) is 7.61. The SMILES string of the molecule is C\C=C/C=C\C(C)=N/C=C\C(=O)C(C)CC. The number of aliphatic imine (C=N–C) groups is 1. The molecule has 2 heteroatoms. The lowest BCUT2D eigenvalue weighted by Gasteiger charge is -2.00. The van der Waals surface area contributed by atoms with Crippen molar-refractivity contribution in [3.8, 4) is 0 Å². The molecule has 16 heavy (non-hydrogen) atoms. The van der Waals surface area contributed by atoms with Gasteiger partial charge < -0.3 is 0 Å². The average molecular weight is 219 g/mol. The molecule has 0 heterocycles. The second-order valence-electron chi connectivity index (χ2n) is 3.68. The highest BCUT2D eigenvalue weighted by Crippen LogP contribution is 2.02. The fourth-order valence-electron chi connectivity index (χ4n) is 0.943. The predicted octanol–water partition coefficient (Wildman–Crippen LogP) is 3.71. The smallest absolute Gasteiger partial charge is 0.160 e. The maximum Gasteiger partial charge on any atom is 0.160 e. The van der Waals surface area contributed by atoms with E-state index in [2.05, 4.69) is 4.99 Å². The minimum atomic E-state index is 0.0883. The van der Waals surface area contributed by atoms with E-state index in [9.17, 15) is 4.79 Å². The lowest BCUT2D eigenvalue weighted by molar-refractivity contribution is -0.117. The summed E-state index contributed by atoms with van der Waals surface area (Å²) in [5.74, 6) is 0.224. The molecule has 88 valence electrons. The fourth-order valence-corrected chi connectivity index (χ4v) is 0.943. The van der Waals surface area contributed by atoms with Crippen LogP contribution in [0.2, 0.25) is 0 Å². The van der Waals surface area contributed by atoms with Gasteiger partial charge in [0.05, 0.1) is 0 Å². The molecule has 0 aromatic heterocycles. The van der Waals surface area contributed by atoms with Crippen LogP contribution in [0.5, 0.6) is 0 Å². The van der Waals surface area contributed by atoms with Gasteiger partial charge in [0.25, 0.3) is 0 Å². The van der Waals surface area contributed by atoms with Crippen LogP contribution in [-0.2, 0) is 4.79 Å². The molecule has 0 N–H and O–H groups in total. The maximum atomic E-state index is 11.4. The van der Waals surface area contributed by atoms with Crippen molar-refractivity contribution in [2.45, 2.75) is 34.1 Å². The Morgan fingerprint density at radius 1 is 1.31 bits per heavy atom. The van der Waals surface area contributed by atoms with Crippen molar-refractivity contribution in [1.29, 1.82) is 0 Å². The zero-order valence-corrected chi connectivity index (χ0v) is 10.6. The van der Waals surface area contributed by atoms with Crippen LogP contribution in [0, 0.1) is 5.92 Å². The van der Waals surface area contributed by atoms with Gasteiger partial charge in [-0.05, 0) is 32.4 Å². The third kappa shape index (κ3) is 6.93. The number of carbonyl (C=O) groups excluding carboxylic acids is 1. The molecule has 0 saturated heterocycles. The van der Waals surface area contributed by atoms with Gasteiger partial charge in [0.2, 0.25) is 0 Å². The zero-order valence-electron chi connectivity index (χ0n) is 10.6. The summed E-state index contributed by atoms with van der Waals surface area (Å²) in [7, 11) is 0. The zero-order chi connectivity index (χ0) is 12.4. The van der Waals surface area contributed by atoms with Gasteiger partial charge in [-0.1, -0.05) is 32.1 Å². The molecule has 0 aromatic carbocycles. The molecule has 0 aromatic rings. The van der Waals surface area contributed by atoms with Gasteiger partial charge in [0, 0.05) is 17.8 Å². The fraction of sp³-hybridized carbons (Fsp3) is 0.429. The average Bonchev–Trinajstić information content (AvgIpc) is 2.28. The van der Waals surface area contributed by atoms with Crippen LogP contribution in [0.25, 0.3) is 0 Å². The van der Waals surface area contributed by atoms with E-state index >= 15 is 0 Å². The summed E-state index contributed by atoms with van der Waals surface area (Å²) in [4.78, 5) is 15.6. The van der Waals surface area contributed by atoms with Gasteiger partial charge in [-0.25, -0.2) is 0 Å². The standard InChI is InChI=1S/C14H21NO/c1-5-7-8-9-13(4)15-11-10-14(16)12(3)6-2/h5,7-12H,6H2,1-4H3/b7-5-,9-8-,11-10-,15-13-. The van der Waals surface area contributed by atoms with Gasteiger partial charge in [-0.2, -0.15) is 0 Å². The molecule has 0 radical (unpaired) electrons. The molecular weight excluding hydrogens is 198 g/mol. The topological polar surface area (TPSA) is 29.4 Å². The van der Waals surface area contributed by atoms with Crippen molar-refractivity contribution in [2.24, 2.45) is 10.9 Å². The lowest BCUT2D eigenvalue weighted by Crippen LogP contribution is -2.05. The van der Waals surface area contributed by atoms with E-state index in [1.807, 2.05) is 52.0 Å². The molecule has 1 unspecified atom stereocenters. The third-order valence-electron chi connectivity index (χ3n) is 2.26. The van der Waals surface area contributed by atoms with E-state index < -0.39 is 0 Å². The van der Waals surface area contributed by atoms with Gasteiger partial charge in [0.1, 0.15) is 0 Å². The molecule has 1 atom stereocenters. The Hall–Kier alpha value is -1.44. The molecular formula is C14H21NO. The Morgan fingerprint density at radius 3 is 2.56 bits per heavy atom. The highest BCUT2D eigenvalue weighted by molar-refractivity contribution is 5.95. The van der Waals surface area contributed by atoms with Crippen LogP contribution >= 0.6 is 0 Å². The number of rotatable bonds is 6. The van der Waals surface area contributed by atoms with Crippen molar-refractivity contribution in [3.63, 3.8) is 0 Å². The summed E-state index contributed by atoms with van der Waals surface area (Å²) in [5, 5.41) is 0. The predicted molar refractivity (Wildman–Crippen MR) is 70.7 cm³/mol. The number of carbonyl (C=O) groups is 1. The van der Waals surface area contributed by atoms with Crippen molar-refractivity contribution in [3.05, 3.63) is 36.6 Å². The Labute approximate surface area is 98.5 Å². The van der Waals surface area contributed by atoms with E-state index in [1.165, 1.54) is 0 Å². The van der Waals surface area contributed by atoms with Crippen molar-refractivity contribution >= 4 is 11.5 Å². The van der Waals surface area contributed by atoms with Crippen molar-refractivity contribution in [1.82, 2.24) is 0 Å². The molecule has 2 nitrogen and oxygen atoms in total. The van der Waals surface area contributed by atoms with Gasteiger partial charge in [-0.15, -0.1) is 0 Å². The van der Waals surface area contributed by atoms with Gasteiger partial charge in [0.15, 0.2) is 5.78 Å². The molecule has 0 aliphatic carbocycles. The maximum absolute atomic E-state index is 11.4. The summed E-state index contributed by atoms with van der Waals surface area (Å²) in [6.07, 6.45) is 11.7. The Morgan fingerprint density at radius 2 is 2.00 bits per heavy atom. The van der Waals surface area contributed by atoms with Crippen LogP contribution in [0.1, 0.15) is 34.1 Å². The van der Waals surface area contributed by atoms with Gasteiger partial charge >= 0.3 is 0 Å². The molecule has 0 aliphatic rings. The lowest BCUT2D eigenvalue weighted by atomic mass is 10.0. The Balaban J connectivity index is 4.25. The van der Waals surface area contributed by atoms with E-state index in [4.69, 9.17) is 0 Å². The largest absolute Gasteiger partial charge is 0.294 e. The first-order valence-corrected chi connectivity index (χ1v) is 5.66. The molecule has 0 amide bonds. The van der Waals surface area contributed by atoms with Crippen LogP contribution in [0.15, 0.2) is 41.6 Å². The summed E-state index contributed by atoms with van der Waals surface area (Å²) in [5.41, 5.74) is 0.881. The molecule has 0 saturated carbocycles. The second kappa shape index (κ2) is 8.84. The first kappa shape index (κ1) is 14.6. The van der Waals surface area contributed by atoms with Crippen LogP contribution in [0.4, 0.5) is 0 Å². The van der Waals surface area contributed by atoms with Crippen LogP contribution < -0.4 is 0 Å². The Kier molecular flexibility index (Phi) is 8.04. The van der Waals surface area contributed by atoms with Crippen LogP contribution in [0.3, 0.4) is 0 Å². The van der Waals surface area contributed by atoms with E-state index in [1.54, 1.807) is 12.3 Å². The first-order valence-electron chi connectivity index (χ1n) is 5.66. The van der Waals surface area contributed by atoms with Gasteiger partial charge in [-0.3, -0.25) is 9.79 Å².